The van der Waals surface area contributed by atoms with Crippen LogP contribution >= 0.6 is 11.6 Å². The zero-order valence-electron chi connectivity index (χ0n) is 11.4. The number of anilines is 1. The second-order valence-electron chi connectivity index (χ2n) is 4.87. The van der Waals surface area contributed by atoms with Crippen molar-refractivity contribution in [1.82, 2.24) is 0 Å². The van der Waals surface area contributed by atoms with Crippen LogP contribution in [0.15, 0.2) is 54.6 Å². The quantitative estimate of drug-likeness (QED) is 0.765. The van der Waals surface area contributed by atoms with Crippen molar-refractivity contribution < 1.29 is 5.11 Å². The number of halogens is 1. The Morgan fingerprint density at radius 1 is 0.900 bits per heavy atom. The highest BCUT2D eigenvalue weighted by Gasteiger charge is 2.01. The van der Waals surface area contributed by atoms with E-state index in [9.17, 15) is 5.11 Å². The molecule has 0 radical (unpaired) electrons. The van der Waals surface area contributed by atoms with Gasteiger partial charge >= 0.3 is 0 Å². The maximum Gasteiger partial charge on any atom is 0.0847 e. The van der Waals surface area contributed by atoms with Gasteiger partial charge in [0.1, 0.15) is 0 Å². The molecule has 2 N–H and O–H groups in total. The van der Waals surface area contributed by atoms with Crippen molar-refractivity contribution in [3.05, 3.63) is 65.7 Å². The van der Waals surface area contributed by atoms with E-state index in [4.69, 9.17) is 11.6 Å². The van der Waals surface area contributed by atoms with Gasteiger partial charge in [0.25, 0.3) is 0 Å². The smallest absolute Gasteiger partial charge is 0.0847 e. The van der Waals surface area contributed by atoms with Crippen molar-refractivity contribution in [2.24, 2.45) is 0 Å². The molecule has 1 unspecified atom stereocenters. The number of aliphatic hydroxyl groups excluding tert-OH is 1. The number of aliphatic hydroxyl groups is 1. The van der Waals surface area contributed by atoms with E-state index >= 15 is 0 Å². The van der Waals surface area contributed by atoms with Gasteiger partial charge in [-0.15, -0.1) is 11.6 Å². The predicted molar refractivity (Wildman–Crippen MR) is 85.5 cm³/mol. The Bertz CT molecular complexity index is 498. The Kier molecular flexibility index (Phi) is 5.90. The number of hydrogen-bond donors (Lipinski definition) is 2. The summed E-state index contributed by atoms with van der Waals surface area (Å²) in [4.78, 5) is 0. The zero-order valence-corrected chi connectivity index (χ0v) is 12.2. The second-order valence-corrected chi connectivity index (χ2v) is 5.18. The van der Waals surface area contributed by atoms with Gasteiger partial charge in [0, 0.05) is 12.2 Å². The van der Waals surface area contributed by atoms with Crippen molar-refractivity contribution >= 4 is 17.3 Å². The van der Waals surface area contributed by atoms with Gasteiger partial charge in [-0.1, -0.05) is 42.5 Å². The minimum absolute atomic E-state index is 0.252. The second kappa shape index (κ2) is 7.93. The molecule has 0 saturated heterocycles. The summed E-state index contributed by atoms with van der Waals surface area (Å²) < 4.78 is 0. The summed E-state index contributed by atoms with van der Waals surface area (Å²) in [6.07, 6.45) is 1.59. The van der Waals surface area contributed by atoms with Crippen LogP contribution in [0.4, 0.5) is 5.69 Å². The lowest BCUT2D eigenvalue weighted by molar-refractivity contribution is 0.211. The number of alkyl halides is 1. The van der Waals surface area contributed by atoms with Crippen molar-refractivity contribution in [3.8, 4) is 0 Å². The highest BCUT2D eigenvalue weighted by atomic mass is 35.5. The molecule has 106 valence electrons. The van der Waals surface area contributed by atoms with Gasteiger partial charge in [-0.05, 0) is 36.1 Å². The van der Waals surface area contributed by atoms with E-state index < -0.39 is 6.10 Å². The molecule has 0 spiro atoms. The SMILES string of the molecule is OC(CCl)CNc1ccc(CCc2ccccc2)cc1. The van der Waals surface area contributed by atoms with Crippen LogP contribution in [0.2, 0.25) is 0 Å². The molecule has 20 heavy (non-hydrogen) atoms. The first-order chi connectivity index (χ1) is 9.78. The maximum atomic E-state index is 9.39. The van der Waals surface area contributed by atoms with Crippen molar-refractivity contribution in [3.63, 3.8) is 0 Å². The average molecular weight is 290 g/mol. The van der Waals surface area contributed by atoms with E-state index in [1.165, 1.54) is 11.1 Å². The molecule has 0 aliphatic heterocycles. The Balaban J connectivity index is 1.82. The largest absolute Gasteiger partial charge is 0.390 e. The van der Waals surface area contributed by atoms with Gasteiger partial charge in [-0.25, -0.2) is 0 Å². The summed E-state index contributed by atoms with van der Waals surface area (Å²) >= 11 is 5.55. The summed E-state index contributed by atoms with van der Waals surface area (Å²) in [7, 11) is 0. The van der Waals surface area contributed by atoms with E-state index in [0.29, 0.717) is 6.54 Å². The third-order valence-corrected chi connectivity index (χ3v) is 3.58. The van der Waals surface area contributed by atoms with E-state index in [-0.39, 0.29) is 5.88 Å². The van der Waals surface area contributed by atoms with E-state index in [2.05, 4.69) is 41.7 Å². The topological polar surface area (TPSA) is 32.3 Å². The minimum atomic E-state index is -0.505. The fourth-order valence-electron chi connectivity index (χ4n) is 2.01. The maximum absolute atomic E-state index is 9.39. The van der Waals surface area contributed by atoms with Crippen LogP contribution in [0.5, 0.6) is 0 Å². The third-order valence-electron chi connectivity index (χ3n) is 3.22. The molecule has 0 aliphatic carbocycles. The van der Waals surface area contributed by atoms with Gasteiger partial charge in [-0.2, -0.15) is 0 Å². The molecular formula is C17H20ClNO. The molecule has 0 aliphatic rings. The van der Waals surface area contributed by atoms with Crippen LogP contribution in [-0.2, 0) is 12.8 Å². The standard InChI is InChI=1S/C17H20ClNO/c18-12-17(20)13-19-16-10-8-15(9-11-16)7-6-14-4-2-1-3-5-14/h1-5,8-11,17,19-20H,6-7,12-13H2. The first-order valence-corrected chi connectivity index (χ1v) is 7.42. The summed E-state index contributed by atoms with van der Waals surface area (Å²) in [5.41, 5.74) is 3.69. The monoisotopic (exact) mass is 289 g/mol. The van der Waals surface area contributed by atoms with Crippen LogP contribution in [-0.4, -0.2) is 23.6 Å². The normalized spacial score (nSPS) is 12.1. The molecule has 0 bridgehead atoms. The highest BCUT2D eigenvalue weighted by molar-refractivity contribution is 6.18. The highest BCUT2D eigenvalue weighted by Crippen LogP contribution is 2.12. The van der Waals surface area contributed by atoms with Crippen LogP contribution in [0.3, 0.4) is 0 Å². The lowest BCUT2D eigenvalue weighted by atomic mass is 10.0. The van der Waals surface area contributed by atoms with E-state index in [1.54, 1.807) is 0 Å². The molecule has 0 amide bonds. The van der Waals surface area contributed by atoms with Crippen molar-refractivity contribution in [2.75, 3.05) is 17.7 Å². The molecule has 2 rings (SSSR count). The fourth-order valence-corrected chi connectivity index (χ4v) is 2.12. The number of aryl methyl sites for hydroxylation is 2. The molecule has 2 aromatic rings. The molecular weight excluding hydrogens is 270 g/mol. The summed E-state index contributed by atoms with van der Waals surface area (Å²) in [6, 6.07) is 18.8. The summed E-state index contributed by atoms with van der Waals surface area (Å²) in [5, 5.41) is 12.6. The summed E-state index contributed by atoms with van der Waals surface area (Å²) in [5.74, 6) is 0.252. The Morgan fingerprint density at radius 3 is 2.10 bits per heavy atom. The first-order valence-electron chi connectivity index (χ1n) is 6.88. The van der Waals surface area contributed by atoms with Gasteiger partial charge in [0.05, 0.1) is 12.0 Å². The van der Waals surface area contributed by atoms with Crippen molar-refractivity contribution in [2.45, 2.75) is 18.9 Å². The Labute approximate surface area is 125 Å². The van der Waals surface area contributed by atoms with Gasteiger partial charge in [0.15, 0.2) is 0 Å². The van der Waals surface area contributed by atoms with Gasteiger partial charge in [-0.3, -0.25) is 0 Å². The van der Waals surface area contributed by atoms with Crippen LogP contribution in [0.1, 0.15) is 11.1 Å². The number of nitrogens with one attached hydrogen (secondary N) is 1. The molecule has 0 aromatic heterocycles. The first kappa shape index (κ1) is 14.9. The molecule has 3 heteroatoms. The van der Waals surface area contributed by atoms with Gasteiger partial charge < -0.3 is 10.4 Å². The summed E-state index contributed by atoms with van der Waals surface area (Å²) in [6.45, 7) is 0.479. The predicted octanol–water partition coefficient (Wildman–Crippen LogP) is 3.48. The fraction of sp³-hybridized carbons (Fsp3) is 0.294. The van der Waals surface area contributed by atoms with E-state index in [1.807, 2.05) is 18.2 Å². The molecule has 2 nitrogen and oxygen atoms in total. The third kappa shape index (κ3) is 4.87. The lowest BCUT2D eigenvalue weighted by Crippen LogP contribution is -2.20. The van der Waals surface area contributed by atoms with Crippen LogP contribution in [0, 0.1) is 0 Å². The van der Waals surface area contributed by atoms with Gasteiger partial charge in [0.2, 0.25) is 0 Å². The average Bonchev–Trinajstić information content (AvgIpc) is 2.52. The van der Waals surface area contributed by atoms with Crippen molar-refractivity contribution in [1.29, 1.82) is 0 Å². The molecule has 2 aromatic carbocycles. The zero-order chi connectivity index (χ0) is 14.2. The number of benzene rings is 2. The molecule has 1 atom stereocenters. The minimum Gasteiger partial charge on any atom is -0.390 e. The molecule has 0 heterocycles. The molecule has 0 saturated carbocycles. The lowest BCUT2D eigenvalue weighted by Gasteiger charge is -2.10. The Hall–Kier alpha value is -1.51. The molecule has 0 fully saturated rings. The van der Waals surface area contributed by atoms with Crippen LogP contribution in [0.25, 0.3) is 0 Å². The number of hydrogen-bond acceptors (Lipinski definition) is 2. The van der Waals surface area contributed by atoms with E-state index in [0.717, 1.165) is 18.5 Å². The van der Waals surface area contributed by atoms with Crippen LogP contribution < -0.4 is 5.32 Å². The number of rotatable bonds is 7. The Morgan fingerprint density at radius 2 is 1.50 bits per heavy atom.